The first kappa shape index (κ1) is 8.03. The average molecular weight is 187 g/mol. The fourth-order valence-corrected chi connectivity index (χ4v) is 0.984. The van der Waals surface area contributed by atoms with Crippen LogP contribution in [0.5, 0.6) is 0 Å². The van der Waals surface area contributed by atoms with Gasteiger partial charge in [-0.05, 0) is 12.1 Å². The maximum Gasteiger partial charge on any atom is 0.504 e. The molecule has 0 aliphatic heterocycles. The standard InChI is InChI=1S/C7H4F3N3/c8-7(9,10)13-4-6-5(12-13)2-1-3-11-6/h1-4H. The zero-order valence-electron chi connectivity index (χ0n) is 6.28. The zero-order chi connectivity index (χ0) is 9.47. The van der Waals surface area contributed by atoms with Crippen LogP contribution in [-0.2, 0) is 6.30 Å². The fourth-order valence-electron chi connectivity index (χ4n) is 0.984. The highest BCUT2D eigenvalue weighted by molar-refractivity contribution is 5.72. The van der Waals surface area contributed by atoms with Crippen LogP contribution in [0.4, 0.5) is 13.2 Å². The van der Waals surface area contributed by atoms with Crippen LogP contribution < -0.4 is 0 Å². The van der Waals surface area contributed by atoms with Crippen molar-refractivity contribution < 1.29 is 13.2 Å². The summed E-state index contributed by atoms with van der Waals surface area (Å²) in [6.07, 6.45) is -2.19. The summed E-state index contributed by atoms with van der Waals surface area (Å²) in [7, 11) is 0. The van der Waals surface area contributed by atoms with Crippen LogP contribution in [0, 0.1) is 0 Å². The van der Waals surface area contributed by atoms with Gasteiger partial charge in [-0.25, -0.2) is 0 Å². The van der Waals surface area contributed by atoms with E-state index in [0.717, 1.165) is 6.20 Å². The number of hydrogen-bond acceptors (Lipinski definition) is 2. The molecule has 0 N–H and O–H groups in total. The monoisotopic (exact) mass is 187 g/mol. The number of aromatic nitrogens is 3. The summed E-state index contributed by atoms with van der Waals surface area (Å²) in [4.78, 5) is 3.73. The molecule has 2 heterocycles. The Labute approximate surface area is 70.8 Å². The lowest BCUT2D eigenvalue weighted by molar-refractivity contribution is -0.211. The quantitative estimate of drug-likeness (QED) is 0.630. The van der Waals surface area contributed by atoms with E-state index in [4.69, 9.17) is 0 Å². The minimum Gasteiger partial charge on any atom is -0.253 e. The van der Waals surface area contributed by atoms with Crippen LogP contribution in [0.3, 0.4) is 0 Å². The summed E-state index contributed by atoms with van der Waals surface area (Å²) in [5.74, 6) is 0. The van der Waals surface area contributed by atoms with Gasteiger partial charge < -0.3 is 0 Å². The summed E-state index contributed by atoms with van der Waals surface area (Å²) in [6.45, 7) is 0. The van der Waals surface area contributed by atoms with Crippen LogP contribution in [0.15, 0.2) is 24.5 Å². The molecular formula is C7H4F3N3. The number of halogens is 3. The molecular weight excluding hydrogens is 183 g/mol. The number of nitrogens with zero attached hydrogens (tertiary/aromatic N) is 3. The van der Waals surface area contributed by atoms with E-state index in [2.05, 4.69) is 10.1 Å². The maximum atomic E-state index is 12.1. The Morgan fingerprint density at radius 3 is 2.62 bits per heavy atom. The molecule has 2 aromatic heterocycles. The molecule has 0 amide bonds. The second kappa shape index (κ2) is 2.45. The highest BCUT2D eigenvalue weighted by atomic mass is 19.4. The first-order valence-electron chi connectivity index (χ1n) is 3.45. The summed E-state index contributed by atoms with van der Waals surface area (Å²) in [5.41, 5.74) is 0.472. The minimum atomic E-state index is -4.47. The summed E-state index contributed by atoms with van der Waals surface area (Å²) in [5, 5.41) is 3.31. The van der Waals surface area contributed by atoms with Gasteiger partial charge in [-0.3, -0.25) is 4.98 Å². The molecule has 0 bridgehead atoms. The lowest BCUT2D eigenvalue weighted by Gasteiger charge is -2.03. The SMILES string of the molecule is FC(F)(F)n1cc2ncccc2n1. The van der Waals surface area contributed by atoms with Crippen LogP contribution >= 0.6 is 0 Å². The largest absolute Gasteiger partial charge is 0.504 e. The second-order valence-electron chi connectivity index (χ2n) is 2.45. The van der Waals surface area contributed by atoms with Crippen molar-refractivity contribution in [3.8, 4) is 0 Å². The van der Waals surface area contributed by atoms with Gasteiger partial charge in [0.25, 0.3) is 0 Å². The fraction of sp³-hybridized carbons (Fsp3) is 0.143. The van der Waals surface area contributed by atoms with E-state index in [1.165, 1.54) is 18.3 Å². The van der Waals surface area contributed by atoms with E-state index in [1.54, 1.807) is 0 Å². The molecule has 0 aliphatic rings. The Bertz CT molecular complexity index is 399. The van der Waals surface area contributed by atoms with Gasteiger partial charge in [0, 0.05) is 6.20 Å². The molecule has 0 spiro atoms. The van der Waals surface area contributed by atoms with Crippen molar-refractivity contribution in [1.82, 2.24) is 14.8 Å². The molecule has 0 fully saturated rings. The van der Waals surface area contributed by atoms with Crippen LogP contribution in [0.1, 0.15) is 0 Å². The lowest BCUT2D eigenvalue weighted by atomic mass is 10.4. The molecule has 0 aliphatic carbocycles. The van der Waals surface area contributed by atoms with Gasteiger partial charge in [-0.1, -0.05) is 0 Å². The molecule has 2 rings (SSSR count). The van der Waals surface area contributed by atoms with Crippen molar-refractivity contribution >= 4 is 11.0 Å². The molecule has 68 valence electrons. The third-order valence-electron chi connectivity index (χ3n) is 1.54. The number of alkyl halides is 3. The first-order chi connectivity index (χ1) is 6.07. The third kappa shape index (κ3) is 1.34. The van der Waals surface area contributed by atoms with Gasteiger partial charge in [0.2, 0.25) is 0 Å². The zero-order valence-corrected chi connectivity index (χ0v) is 6.28. The van der Waals surface area contributed by atoms with Gasteiger partial charge in [0.05, 0.1) is 6.20 Å². The molecule has 6 heteroatoms. The predicted molar refractivity (Wildman–Crippen MR) is 38.8 cm³/mol. The maximum absolute atomic E-state index is 12.1. The Morgan fingerprint density at radius 2 is 2.00 bits per heavy atom. The lowest BCUT2D eigenvalue weighted by Crippen LogP contribution is -2.16. The topological polar surface area (TPSA) is 30.7 Å². The first-order valence-corrected chi connectivity index (χ1v) is 3.45. The molecule has 0 saturated heterocycles. The predicted octanol–water partition coefficient (Wildman–Crippen LogP) is 1.91. The number of fused-ring (bicyclic) bond motifs is 1. The van der Waals surface area contributed by atoms with Gasteiger partial charge >= 0.3 is 6.30 Å². The average Bonchev–Trinajstić information content (AvgIpc) is 2.45. The Morgan fingerprint density at radius 1 is 1.23 bits per heavy atom. The molecule has 0 atom stereocenters. The Kier molecular flexibility index (Phi) is 1.51. The molecule has 0 radical (unpaired) electrons. The smallest absolute Gasteiger partial charge is 0.253 e. The van der Waals surface area contributed by atoms with Crippen molar-refractivity contribution in [3.63, 3.8) is 0 Å². The van der Waals surface area contributed by atoms with Gasteiger partial charge in [0.15, 0.2) is 0 Å². The van der Waals surface area contributed by atoms with Gasteiger partial charge in [-0.2, -0.15) is 9.78 Å². The summed E-state index contributed by atoms with van der Waals surface area (Å²) in [6, 6.07) is 3.01. The van der Waals surface area contributed by atoms with Gasteiger partial charge in [0.1, 0.15) is 11.0 Å². The third-order valence-corrected chi connectivity index (χ3v) is 1.54. The van der Waals surface area contributed by atoms with E-state index in [0.29, 0.717) is 0 Å². The van der Waals surface area contributed by atoms with Crippen molar-refractivity contribution in [3.05, 3.63) is 24.5 Å². The number of pyridine rings is 1. The molecule has 0 unspecified atom stereocenters. The van der Waals surface area contributed by atoms with E-state index in [9.17, 15) is 13.2 Å². The normalized spacial score (nSPS) is 12.2. The second-order valence-corrected chi connectivity index (χ2v) is 2.45. The van der Waals surface area contributed by atoms with E-state index in [1.807, 2.05) is 0 Å². The number of rotatable bonds is 0. The van der Waals surface area contributed by atoms with Crippen molar-refractivity contribution in [2.24, 2.45) is 0 Å². The highest BCUT2D eigenvalue weighted by Crippen LogP contribution is 2.22. The minimum absolute atomic E-state index is 0.0509. The Balaban J connectivity index is 2.63. The molecule has 3 nitrogen and oxygen atoms in total. The Hall–Kier alpha value is -1.59. The molecule has 13 heavy (non-hydrogen) atoms. The molecule has 0 saturated carbocycles. The van der Waals surface area contributed by atoms with Crippen LogP contribution in [-0.4, -0.2) is 14.8 Å². The van der Waals surface area contributed by atoms with Crippen molar-refractivity contribution in [1.29, 1.82) is 0 Å². The van der Waals surface area contributed by atoms with E-state index >= 15 is 0 Å². The van der Waals surface area contributed by atoms with E-state index < -0.39 is 6.30 Å². The van der Waals surface area contributed by atoms with E-state index in [-0.39, 0.29) is 15.7 Å². The molecule has 2 aromatic rings. The molecule has 0 aromatic carbocycles. The van der Waals surface area contributed by atoms with Crippen LogP contribution in [0.25, 0.3) is 11.0 Å². The van der Waals surface area contributed by atoms with Crippen LogP contribution in [0.2, 0.25) is 0 Å². The van der Waals surface area contributed by atoms with Crippen molar-refractivity contribution in [2.45, 2.75) is 6.30 Å². The van der Waals surface area contributed by atoms with Gasteiger partial charge in [-0.15, -0.1) is 13.2 Å². The number of hydrogen-bond donors (Lipinski definition) is 0. The highest BCUT2D eigenvalue weighted by Gasteiger charge is 2.31. The van der Waals surface area contributed by atoms with Crippen molar-refractivity contribution in [2.75, 3.05) is 0 Å². The summed E-state index contributed by atoms with van der Waals surface area (Å²) < 4.78 is 36.2. The summed E-state index contributed by atoms with van der Waals surface area (Å²) >= 11 is 0.